The summed E-state index contributed by atoms with van der Waals surface area (Å²) in [5, 5.41) is 24.0. The monoisotopic (exact) mass is 341 g/mol. The van der Waals surface area contributed by atoms with Crippen LogP contribution in [-0.2, 0) is 6.54 Å². The second-order valence-electron chi connectivity index (χ2n) is 6.07. The molecule has 0 radical (unpaired) electrons. The largest absolute Gasteiger partial charge is 0.465 e. The van der Waals surface area contributed by atoms with Crippen LogP contribution in [0.4, 0.5) is 10.6 Å². The number of nitrogens with zero attached hydrogens (tertiary/aromatic N) is 2. The van der Waals surface area contributed by atoms with Crippen LogP contribution >= 0.6 is 0 Å². The lowest BCUT2D eigenvalue weighted by Crippen LogP contribution is -2.12. The third-order valence-electron chi connectivity index (χ3n) is 4.48. The topological polar surface area (TPSA) is 78.1 Å². The summed E-state index contributed by atoms with van der Waals surface area (Å²) in [5.74, 6) is 0.482. The van der Waals surface area contributed by atoms with Crippen LogP contribution in [0.25, 0.3) is 21.7 Å². The maximum atomic E-state index is 11.2. The van der Waals surface area contributed by atoms with E-state index in [4.69, 9.17) is 0 Å². The van der Waals surface area contributed by atoms with E-state index in [9.17, 15) is 15.2 Å². The van der Waals surface area contributed by atoms with Crippen molar-refractivity contribution in [3.8, 4) is 6.07 Å². The normalized spacial score (nSPS) is 10.7. The Kier molecular flexibility index (Phi) is 3.79. The lowest BCUT2D eigenvalue weighted by atomic mass is 10.0. The van der Waals surface area contributed by atoms with Crippen molar-refractivity contribution in [3.05, 3.63) is 77.9 Å². The highest BCUT2D eigenvalue weighted by Crippen LogP contribution is 2.28. The predicted octanol–water partition coefficient (Wildman–Crippen LogP) is 4.80. The number of carbonyl (C=O) groups is 1. The highest BCUT2D eigenvalue weighted by molar-refractivity contribution is 5.92. The summed E-state index contributed by atoms with van der Waals surface area (Å²) in [6, 6.07) is 23.5. The molecule has 3 aromatic carbocycles. The number of carboxylic acid groups (broad SMARTS) is 1. The average Bonchev–Trinajstić information content (AvgIpc) is 2.97. The molecule has 0 unspecified atom stereocenters. The summed E-state index contributed by atoms with van der Waals surface area (Å²) in [6.07, 6.45) is -1.12. The van der Waals surface area contributed by atoms with Gasteiger partial charge in [-0.2, -0.15) is 5.26 Å². The smallest absolute Gasteiger partial charge is 0.410 e. The molecule has 2 N–H and O–H groups in total. The van der Waals surface area contributed by atoms with Gasteiger partial charge in [-0.15, -0.1) is 0 Å². The SMILES string of the molecule is N#Cc1ccc2cc(NC(=O)O)n(Cc3cccc4ccccc34)c2c1. The van der Waals surface area contributed by atoms with E-state index >= 15 is 0 Å². The first-order chi connectivity index (χ1) is 12.7. The molecule has 0 bridgehead atoms. The molecule has 1 heterocycles. The third kappa shape index (κ3) is 2.74. The van der Waals surface area contributed by atoms with Crippen LogP contribution in [0.3, 0.4) is 0 Å². The fraction of sp³-hybridized carbons (Fsp3) is 0.0476. The van der Waals surface area contributed by atoms with Gasteiger partial charge in [0.05, 0.1) is 23.7 Å². The zero-order valence-electron chi connectivity index (χ0n) is 13.8. The van der Waals surface area contributed by atoms with Crippen LogP contribution in [0.15, 0.2) is 66.7 Å². The van der Waals surface area contributed by atoms with Crippen molar-refractivity contribution >= 4 is 33.6 Å². The van der Waals surface area contributed by atoms with E-state index in [1.54, 1.807) is 18.2 Å². The number of anilines is 1. The van der Waals surface area contributed by atoms with Crippen molar-refractivity contribution in [1.29, 1.82) is 5.26 Å². The zero-order chi connectivity index (χ0) is 18.1. The molecule has 0 fully saturated rings. The van der Waals surface area contributed by atoms with Crippen molar-refractivity contribution in [1.82, 2.24) is 4.57 Å². The number of rotatable bonds is 3. The van der Waals surface area contributed by atoms with E-state index in [-0.39, 0.29) is 0 Å². The first kappa shape index (κ1) is 15.7. The Balaban J connectivity index is 1.91. The molecule has 0 aliphatic heterocycles. The Bertz CT molecular complexity index is 1180. The molecule has 0 saturated heterocycles. The molecule has 0 atom stereocenters. The maximum Gasteiger partial charge on any atom is 0.410 e. The molecule has 5 nitrogen and oxygen atoms in total. The average molecular weight is 341 g/mol. The molecule has 0 saturated carbocycles. The molecule has 126 valence electrons. The van der Waals surface area contributed by atoms with Crippen molar-refractivity contribution in [2.24, 2.45) is 0 Å². The van der Waals surface area contributed by atoms with E-state index in [0.29, 0.717) is 17.9 Å². The van der Waals surface area contributed by atoms with Crippen LogP contribution < -0.4 is 5.32 Å². The number of hydrogen-bond donors (Lipinski definition) is 2. The maximum absolute atomic E-state index is 11.2. The van der Waals surface area contributed by atoms with Crippen LogP contribution in [0.2, 0.25) is 0 Å². The first-order valence-corrected chi connectivity index (χ1v) is 8.16. The van der Waals surface area contributed by atoms with Crippen LogP contribution in [-0.4, -0.2) is 15.8 Å². The highest BCUT2D eigenvalue weighted by atomic mass is 16.4. The molecule has 0 aliphatic rings. The fourth-order valence-corrected chi connectivity index (χ4v) is 3.31. The standard InChI is InChI=1S/C21H15N3O2/c22-12-14-8-9-16-11-20(23-21(25)26)24(19(16)10-14)13-17-6-3-5-15-4-1-2-7-18(15)17/h1-11,23H,13H2,(H,25,26). The number of benzene rings is 3. The zero-order valence-corrected chi connectivity index (χ0v) is 13.8. The van der Waals surface area contributed by atoms with Crippen molar-refractivity contribution in [2.45, 2.75) is 6.54 Å². The Morgan fingerprint density at radius 3 is 2.65 bits per heavy atom. The van der Waals surface area contributed by atoms with E-state index in [2.05, 4.69) is 29.6 Å². The minimum absolute atomic E-state index is 0.482. The van der Waals surface area contributed by atoms with Crippen LogP contribution in [0.5, 0.6) is 0 Å². The molecule has 4 rings (SSSR count). The van der Waals surface area contributed by atoms with Gasteiger partial charge in [0.15, 0.2) is 0 Å². The third-order valence-corrected chi connectivity index (χ3v) is 4.48. The Labute approximate surface area is 149 Å². The molecule has 0 spiro atoms. The molecule has 0 aliphatic carbocycles. The Morgan fingerprint density at radius 1 is 1.04 bits per heavy atom. The molecule has 4 aromatic rings. The van der Waals surface area contributed by atoms with Crippen LogP contribution in [0, 0.1) is 11.3 Å². The summed E-state index contributed by atoms with van der Waals surface area (Å²) in [5.41, 5.74) is 2.44. The Morgan fingerprint density at radius 2 is 1.85 bits per heavy atom. The second kappa shape index (κ2) is 6.26. The van der Waals surface area contributed by atoms with Gasteiger partial charge in [0.25, 0.3) is 0 Å². The van der Waals surface area contributed by atoms with Gasteiger partial charge in [-0.1, -0.05) is 48.5 Å². The number of amides is 1. The molecule has 26 heavy (non-hydrogen) atoms. The van der Waals surface area contributed by atoms with Crippen molar-refractivity contribution in [3.63, 3.8) is 0 Å². The van der Waals surface area contributed by atoms with Gasteiger partial charge in [0, 0.05) is 5.39 Å². The van der Waals surface area contributed by atoms with E-state index < -0.39 is 6.09 Å². The van der Waals surface area contributed by atoms with Crippen molar-refractivity contribution < 1.29 is 9.90 Å². The summed E-state index contributed by atoms with van der Waals surface area (Å²) in [6.45, 7) is 0.495. The number of nitrogens with one attached hydrogen (secondary N) is 1. The van der Waals surface area contributed by atoms with Gasteiger partial charge in [0.1, 0.15) is 5.82 Å². The molecule has 5 heteroatoms. The van der Waals surface area contributed by atoms with Gasteiger partial charge < -0.3 is 9.67 Å². The predicted molar refractivity (Wildman–Crippen MR) is 101 cm³/mol. The minimum atomic E-state index is -1.12. The van der Waals surface area contributed by atoms with Crippen LogP contribution in [0.1, 0.15) is 11.1 Å². The van der Waals surface area contributed by atoms with Gasteiger partial charge in [0.2, 0.25) is 0 Å². The lowest BCUT2D eigenvalue weighted by Gasteiger charge is -2.13. The summed E-state index contributed by atoms with van der Waals surface area (Å²) in [7, 11) is 0. The molecular formula is C21H15N3O2. The summed E-state index contributed by atoms with van der Waals surface area (Å²) in [4.78, 5) is 11.2. The first-order valence-electron chi connectivity index (χ1n) is 8.16. The Hall–Kier alpha value is -3.78. The second-order valence-corrected chi connectivity index (χ2v) is 6.07. The van der Waals surface area contributed by atoms with E-state index in [1.807, 2.05) is 34.9 Å². The number of aromatic nitrogens is 1. The lowest BCUT2D eigenvalue weighted by molar-refractivity contribution is 0.209. The van der Waals surface area contributed by atoms with Crippen molar-refractivity contribution in [2.75, 3.05) is 5.32 Å². The molecule has 1 amide bonds. The highest BCUT2D eigenvalue weighted by Gasteiger charge is 2.13. The minimum Gasteiger partial charge on any atom is -0.465 e. The van der Waals surface area contributed by atoms with Gasteiger partial charge in [-0.25, -0.2) is 4.79 Å². The number of hydrogen-bond acceptors (Lipinski definition) is 2. The van der Waals surface area contributed by atoms with Gasteiger partial charge >= 0.3 is 6.09 Å². The quantitative estimate of drug-likeness (QED) is 0.561. The number of fused-ring (bicyclic) bond motifs is 2. The fourth-order valence-electron chi connectivity index (χ4n) is 3.31. The summed E-state index contributed by atoms with van der Waals surface area (Å²) < 4.78 is 1.89. The molecular weight excluding hydrogens is 326 g/mol. The van der Waals surface area contributed by atoms with E-state index in [0.717, 1.165) is 27.2 Å². The molecule has 1 aromatic heterocycles. The van der Waals surface area contributed by atoms with Gasteiger partial charge in [-0.05, 0) is 34.5 Å². The van der Waals surface area contributed by atoms with E-state index in [1.165, 1.54) is 0 Å². The number of nitriles is 1. The van der Waals surface area contributed by atoms with Gasteiger partial charge in [-0.3, -0.25) is 5.32 Å². The summed E-state index contributed by atoms with van der Waals surface area (Å²) >= 11 is 0.